The van der Waals surface area contributed by atoms with Gasteiger partial charge in [0.05, 0.1) is 10.6 Å². The third-order valence-corrected chi connectivity index (χ3v) is 3.35. The Hall–Kier alpha value is -1.26. The smallest absolute Gasteiger partial charge is 0.329 e. The molecule has 0 spiro atoms. The molecule has 1 aromatic carbocycles. The number of carbonyl (C=O) groups excluding carboxylic acids is 1. The molecule has 1 unspecified atom stereocenters. The quantitative estimate of drug-likeness (QED) is 0.876. The monoisotopic (exact) mass is 303 g/mol. The topological polar surface area (TPSA) is 66.4 Å². The van der Waals surface area contributed by atoms with E-state index in [0.717, 1.165) is 0 Å². The van der Waals surface area contributed by atoms with Gasteiger partial charge in [0.1, 0.15) is 5.54 Å². The highest BCUT2D eigenvalue weighted by atomic mass is 35.5. The summed E-state index contributed by atoms with van der Waals surface area (Å²) in [6.07, 6.45) is 0.957. The van der Waals surface area contributed by atoms with E-state index in [-0.39, 0.29) is 10.6 Å². The van der Waals surface area contributed by atoms with Gasteiger partial charge in [-0.3, -0.25) is 4.79 Å². The standard InChI is InChI=1S/C13H15Cl2NO3/c1-3-6-13(2,12(18)19)16-11(17)9-7-8(14)4-5-10(9)15/h4-5,7H,3,6H2,1-2H3,(H,16,17)(H,18,19). The van der Waals surface area contributed by atoms with Crippen molar-refractivity contribution in [2.75, 3.05) is 0 Å². The molecule has 1 amide bonds. The average Bonchev–Trinajstić information content (AvgIpc) is 2.32. The lowest BCUT2D eigenvalue weighted by Gasteiger charge is -2.26. The fraction of sp³-hybridized carbons (Fsp3) is 0.385. The Morgan fingerprint density at radius 2 is 2.00 bits per heavy atom. The zero-order valence-electron chi connectivity index (χ0n) is 10.7. The van der Waals surface area contributed by atoms with Gasteiger partial charge < -0.3 is 10.4 Å². The second kappa shape index (κ2) is 6.26. The van der Waals surface area contributed by atoms with Crippen LogP contribution in [0.1, 0.15) is 37.0 Å². The summed E-state index contributed by atoms with van der Waals surface area (Å²) in [6, 6.07) is 4.47. The van der Waals surface area contributed by atoms with Crippen molar-refractivity contribution >= 4 is 35.1 Å². The van der Waals surface area contributed by atoms with E-state index in [2.05, 4.69) is 5.32 Å². The van der Waals surface area contributed by atoms with Crippen molar-refractivity contribution in [3.63, 3.8) is 0 Å². The van der Waals surface area contributed by atoms with Crippen LogP contribution in [-0.2, 0) is 4.79 Å². The lowest BCUT2D eigenvalue weighted by Crippen LogP contribution is -2.52. The Labute approximate surface area is 121 Å². The first-order valence-electron chi connectivity index (χ1n) is 5.81. The summed E-state index contributed by atoms with van der Waals surface area (Å²) in [5.74, 6) is -1.63. The van der Waals surface area contributed by atoms with E-state index in [1.807, 2.05) is 6.92 Å². The Morgan fingerprint density at radius 3 is 2.53 bits per heavy atom. The zero-order chi connectivity index (χ0) is 14.6. The summed E-state index contributed by atoms with van der Waals surface area (Å²) in [7, 11) is 0. The molecule has 104 valence electrons. The van der Waals surface area contributed by atoms with Crippen LogP contribution in [0.4, 0.5) is 0 Å². The minimum Gasteiger partial charge on any atom is -0.480 e. The van der Waals surface area contributed by atoms with Crippen molar-refractivity contribution in [3.05, 3.63) is 33.8 Å². The van der Waals surface area contributed by atoms with Gasteiger partial charge in [-0.15, -0.1) is 0 Å². The molecule has 19 heavy (non-hydrogen) atoms. The number of amides is 1. The van der Waals surface area contributed by atoms with Gasteiger partial charge in [-0.05, 0) is 31.5 Å². The normalized spacial score (nSPS) is 13.7. The predicted molar refractivity (Wildman–Crippen MR) is 74.9 cm³/mol. The summed E-state index contributed by atoms with van der Waals surface area (Å²) in [5.41, 5.74) is -1.16. The van der Waals surface area contributed by atoms with Crippen molar-refractivity contribution in [1.82, 2.24) is 5.32 Å². The molecule has 0 fully saturated rings. The number of carboxylic acids is 1. The first-order chi connectivity index (χ1) is 8.80. The lowest BCUT2D eigenvalue weighted by atomic mass is 9.95. The Kier molecular flexibility index (Phi) is 5.20. The largest absolute Gasteiger partial charge is 0.480 e. The highest BCUT2D eigenvalue weighted by Crippen LogP contribution is 2.22. The number of carboxylic acid groups (broad SMARTS) is 1. The molecule has 0 saturated carbocycles. The Bertz CT molecular complexity index is 505. The molecule has 0 heterocycles. The minimum atomic E-state index is -1.32. The number of hydrogen-bond donors (Lipinski definition) is 2. The molecule has 0 radical (unpaired) electrons. The molecular formula is C13H15Cl2NO3. The summed E-state index contributed by atoms with van der Waals surface area (Å²) in [4.78, 5) is 23.4. The Morgan fingerprint density at radius 1 is 1.37 bits per heavy atom. The van der Waals surface area contributed by atoms with Crippen molar-refractivity contribution in [1.29, 1.82) is 0 Å². The number of rotatable bonds is 5. The second-order valence-corrected chi connectivity index (χ2v) is 5.31. The third-order valence-electron chi connectivity index (χ3n) is 2.78. The van der Waals surface area contributed by atoms with Crippen molar-refractivity contribution in [3.8, 4) is 0 Å². The SMILES string of the molecule is CCCC(C)(NC(=O)c1cc(Cl)ccc1Cl)C(=O)O. The fourth-order valence-electron chi connectivity index (χ4n) is 1.71. The van der Waals surface area contributed by atoms with Gasteiger partial charge in [-0.25, -0.2) is 4.79 Å². The molecular weight excluding hydrogens is 289 g/mol. The van der Waals surface area contributed by atoms with Crippen LogP contribution < -0.4 is 5.32 Å². The van der Waals surface area contributed by atoms with Gasteiger partial charge in [-0.2, -0.15) is 0 Å². The van der Waals surface area contributed by atoms with Crippen molar-refractivity contribution in [2.45, 2.75) is 32.2 Å². The summed E-state index contributed by atoms with van der Waals surface area (Å²) < 4.78 is 0. The summed E-state index contributed by atoms with van der Waals surface area (Å²) in [6.45, 7) is 3.31. The third kappa shape index (κ3) is 3.85. The zero-order valence-corrected chi connectivity index (χ0v) is 12.2. The molecule has 2 N–H and O–H groups in total. The first-order valence-corrected chi connectivity index (χ1v) is 6.56. The van der Waals surface area contributed by atoms with Crippen LogP contribution in [0.15, 0.2) is 18.2 Å². The van der Waals surface area contributed by atoms with Gasteiger partial charge in [0.25, 0.3) is 5.91 Å². The van der Waals surface area contributed by atoms with Gasteiger partial charge in [0.15, 0.2) is 0 Å². The summed E-state index contributed by atoms with van der Waals surface area (Å²) >= 11 is 11.7. The van der Waals surface area contributed by atoms with Crippen LogP contribution >= 0.6 is 23.2 Å². The van der Waals surface area contributed by atoms with Crippen LogP contribution in [-0.4, -0.2) is 22.5 Å². The van der Waals surface area contributed by atoms with Crippen LogP contribution in [0.25, 0.3) is 0 Å². The van der Waals surface area contributed by atoms with E-state index >= 15 is 0 Å². The molecule has 0 saturated heterocycles. The van der Waals surface area contributed by atoms with Gasteiger partial charge in [0, 0.05) is 5.02 Å². The maximum atomic E-state index is 12.1. The first kappa shape index (κ1) is 15.8. The number of benzene rings is 1. The minimum absolute atomic E-state index is 0.165. The highest BCUT2D eigenvalue weighted by Gasteiger charge is 2.34. The van der Waals surface area contributed by atoms with E-state index in [4.69, 9.17) is 23.2 Å². The van der Waals surface area contributed by atoms with Crippen LogP contribution in [0, 0.1) is 0 Å². The van der Waals surface area contributed by atoms with E-state index in [0.29, 0.717) is 17.9 Å². The molecule has 1 aromatic rings. The number of halogens is 2. The molecule has 0 bridgehead atoms. The molecule has 0 aliphatic rings. The van der Waals surface area contributed by atoms with E-state index in [1.165, 1.54) is 19.1 Å². The molecule has 1 atom stereocenters. The number of hydrogen-bond acceptors (Lipinski definition) is 2. The second-order valence-electron chi connectivity index (χ2n) is 4.47. The van der Waals surface area contributed by atoms with Gasteiger partial charge in [-0.1, -0.05) is 36.5 Å². The van der Waals surface area contributed by atoms with Crippen molar-refractivity contribution in [2.24, 2.45) is 0 Å². The van der Waals surface area contributed by atoms with Crippen molar-refractivity contribution < 1.29 is 14.7 Å². The maximum absolute atomic E-state index is 12.1. The number of nitrogens with one attached hydrogen (secondary N) is 1. The fourth-order valence-corrected chi connectivity index (χ4v) is 2.09. The van der Waals surface area contributed by atoms with Crippen LogP contribution in [0.3, 0.4) is 0 Å². The van der Waals surface area contributed by atoms with E-state index in [9.17, 15) is 14.7 Å². The maximum Gasteiger partial charge on any atom is 0.329 e. The van der Waals surface area contributed by atoms with E-state index < -0.39 is 17.4 Å². The molecule has 6 heteroatoms. The highest BCUT2D eigenvalue weighted by molar-refractivity contribution is 6.35. The molecule has 0 aromatic heterocycles. The van der Waals surface area contributed by atoms with E-state index in [1.54, 1.807) is 6.07 Å². The summed E-state index contributed by atoms with van der Waals surface area (Å²) in [5, 5.41) is 12.3. The molecule has 1 rings (SSSR count). The van der Waals surface area contributed by atoms with Gasteiger partial charge >= 0.3 is 5.97 Å². The molecule has 4 nitrogen and oxygen atoms in total. The van der Waals surface area contributed by atoms with Crippen LogP contribution in [0.2, 0.25) is 10.0 Å². The molecule has 0 aliphatic carbocycles. The number of carbonyl (C=O) groups is 2. The van der Waals surface area contributed by atoms with Gasteiger partial charge in [0.2, 0.25) is 0 Å². The number of aliphatic carboxylic acids is 1. The molecule has 0 aliphatic heterocycles. The van der Waals surface area contributed by atoms with Crippen LogP contribution in [0.5, 0.6) is 0 Å². The Balaban J connectivity index is 3.00. The average molecular weight is 304 g/mol. The predicted octanol–water partition coefficient (Wildman–Crippen LogP) is 3.37. The lowest BCUT2D eigenvalue weighted by molar-refractivity contribution is -0.144.